The van der Waals surface area contributed by atoms with Gasteiger partial charge in [-0.3, -0.25) is 9.59 Å². The van der Waals surface area contributed by atoms with Crippen molar-refractivity contribution >= 4 is 46.0 Å². The molecule has 2 aromatic carbocycles. The molecule has 1 saturated heterocycles. The first kappa shape index (κ1) is 21.2. The Kier molecular flexibility index (Phi) is 6.15. The number of ether oxygens (including phenoxy) is 1. The molecular formula is C22H18Cl2N2O5. The molecule has 31 heavy (non-hydrogen) atoms. The highest BCUT2D eigenvalue weighted by atomic mass is 35.5. The third-order valence-corrected chi connectivity index (χ3v) is 5.42. The van der Waals surface area contributed by atoms with E-state index in [9.17, 15) is 14.4 Å². The molecule has 1 aromatic heterocycles. The molecule has 4 rings (SSSR count). The molecule has 2 heterocycles. The number of carbonyl (C=O) groups excluding carboxylic acids is 2. The summed E-state index contributed by atoms with van der Waals surface area (Å²) in [7, 11) is 0. The molecule has 0 aliphatic carbocycles. The van der Waals surface area contributed by atoms with Crippen LogP contribution >= 0.6 is 23.2 Å². The van der Waals surface area contributed by atoms with E-state index in [2.05, 4.69) is 0 Å². The van der Waals surface area contributed by atoms with Crippen LogP contribution in [0, 0.1) is 0 Å². The van der Waals surface area contributed by atoms with Gasteiger partial charge in [0, 0.05) is 59.3 Å². The second kappa shape index (κ2) is 8.99. The Morgan fingerprint density at radius 3 is 2.26 bits per heavy atom. The van der Waals surface area contributed by atoms with Crippen molar-refractivity contribution in [2.24, 2.45) is 0 Å². The first-order chi connectivity index (χ1) is 14.9. The average Bonchev–Trinajstić information content (AvgIpc) is 2.76. The van der Waals surface area contributed by atoms with Crippen LogP contribution in [-0.2, 0) is 4.79 Å². The zero-order valence-electron chi connectivity index (χ0n) is 16.3. The molecule has 1 fully saturated rings. The standard InChI is InChI=1S/C22H18Cl2N2O5/c23-16-9-15(10-17(24)11-16)22(29)26-7-5-25(6-8-26)20(27)13-30-18-3-1-14-2-4-21(28)31-19(14)12-18/h1-4,9-12H,5-8,13H2. The van der Waals surface area contributed by atoms with Crippen molar-refractivity contribution in [2.75, 3.05) is 32.8 Å². The Bertz CT molecular complexity index is 1180. The SMILES string of the molecule is O=C(COc1ccc2ccc(=O)oc2c1)N1CCN(C(=O)c2cc(Cl)cc(Cl)c2)CC1. The Hall–Kier alpha value is -3.03. The quantitative estimate of drug-likeness (QED) is 0.556. The first-order valence-electron chi connectivity index (χ1n) is 9.59. The summed E-state index contributed by atoms with van der Waals surface area (Å²) in [5.41, 5.74) is 0.363. The number of carbonyl (C=O) groups is 2. The minimum atomic E-state index is -0.451. The van der Waals surface area contributed by atoms with Crippen molar-refractivity contribution in [1.82, 2.24) is 9.80 Å². The van der Waals surface area contributed by atoms with Crippen LogP contribution in [-0.4, -0.2) is 54.4 Å². The molecule has 7 nitrogen and oxygen atoms in total. The Morgan fingerprint density at radius 2 is 1.55 bits per heavy atom. The molecule has 1 aliphatic rings. The molecule has 2 amide bonds. The van der Waals surface area contributed by atoms with E-state index in [4.69, 9.17) is 32.4 Å². The monoisotopic (exact) mass is 460 g/mol. The smallest absolute Gasteiger partial charge is 0.336 e. The van der Waals surface area contributed by atoms with Crippen LogP contribution in [0.5, 0.6) is 5.75 Å². The number of benzene rings is 2. The lowest BCUT2D eigenvalue weighted by Gasteiger charge is -2.34. The van der Waals surface area contributed by atoms with Gasteiger partial charge in [-0.15, -0.1) is 0 Å². The van der Waals surface area contributed by atoms with E-state index in [0.717, 1.165) is 5.39 Å². The topological polar surface area (TPSA) is 80.1 Å². The Morgan fingerprint density at radius 1 is 0.903 bits per heavy atom. The number of halogens is 2. The molecule has 0 N–H and O–H groups in total. The molecular weight excluding hydrogens is 443 g/mol. The maximum absolute atomic E-state index is 12.7. The van der Waals surface area contributed by atoms with E-state index >= 15 is 0 Å². The van der Waals surface area contributed by atoms with E-state index in [1.54, 1.807) is 52.3 Å². The highest BCUT2D eigenvalue weighted by molar-refractivity contribution is 6.35. The molecule has 0 saturated carbocycles. The van der Waals surface area contributed by atoms with Crippen LogP contribution in [0.25, 0.3) is 11.0 Å². The van der Waals surface area contributed by atoms with Crippen molar-refractivity contribution in [3.05, 3.63) is 74.6 Å². The molecule has 160 valence electrons. The number of hydrogen-bond acceptors (Lipinski definition) is 5. The van der Waals surface area contributed by atoms with Gasteiger partial charge < -0.3 is 19.0 Å². The van der Waals surface area contributed by atoms with Crippen molar-refractivity contribution in [3.8, 4) is 5.75 Å². The molecule has 0 spiro atoms. The number of hydrogen-bond donors (Lipinski definition) is 0. The van der Waals surface area contributed by atoms with Gasteiger partial charge in [-0.1, -0.05) is 23.2 Å². The number of rotatable bonds is 4. The van der Waals surface area contributed by atoms with Gasteiger partial charge in [0.15, 0.2) is 6.61 Å². The first-order valence-corrected chi connectivity index (χ1v) is 10.3. The molecule has 1 aliphatic heterocycles. The summed E-state index contributed by atoms with van der Waals surface area (Å²) < 4.78 is 10.7. The molecule has 0 unspecified atom stereocenters. The van der Waals surface area contributed by atoms with Gasteiger partial charge in [0.1, 0.15) is 11.3 Å². The molecule has 3 aromatic rings. The van der Waals surface area contributed by atoms with E-state index in [0.29, 0.717) is 53.1 Å². The lowest BCUT2D eigenvalue weighted by atomic mass is 10.2. The highest BCUT2D eigenvalue weighted by Gasteiger charge is 2.25. The molecule has 0 radical (unpaired) electrons. The van der Waals surface area contributed by atoms with Crippen LogP contribution in [0.2, 0.25) is 10.0 Å². The minimum absolute atomic E-state index is 0.152. The average molecular weight is 461 g/mol. The van der Waals surface area contributed by atoms with Gasteiger partial charge in [-0.25, -0.2) is 4.79 Å². The lowest BCUT2D eigenvalue weighted by molar-refractivity contribution is -0.134. The van der Waals surface area contributed by atoms with E-state index in [1.165, 1.54) is 6.07 Å². The van der Waals surface area contributed by atoms with Gasteiger partial charge in [0.25, 0.3) is 11.8 Å². The third-order valence-electron chi connectivity index (χ3n) is 4.99. The summed E-state index contributed by atoms with van der Waals surface area (Å²) in [5.74, 6) is 0.0692. The van der Waals surface area contributed by atoms with Crippen molar-refractivity contribution < 1.29 is 18.7 Å². The van der Waals surface area contributed by atoms with Crippen LogP contribution in [0.4, 0.5) is 0 Å². The normalized spacial score (nSPS) is 14.0. The Balaban J connectivity index is 1.32. The second-order valence-electron chi connectivity index (χ2n) is 7.07. The number of fused-ring (bicyclic) bond motifs is 1. The lowest BCUT2D eigenvalue weighted by Crippen LogP contribution is -2.51. The number of piperazine rings is 1. The summed E-state index contributed by atoms with van der Waals surface area (Å²) >= 11 is 12.0. The van der Waals surface area contributed by atoms with Crippen LogP contribution in [0.15, 0.2) is 57.7 Å². The van der Waals surface area contributed by atoms with Crippen LogP contribution in [0.1, 0.15) is 10.4 Å². The van der Waals surface area contributed by atoms with Crippen LogP contribution in [0.3, 0.4) is 0 Å². The largest absolute Gasteiger partial charge is 0.484 e. The predicted molar refractivity (Wildman–Crippen MR) is 117 cm³/mol. The van der Waals surface area contributed by atoms with Crippen LogP contribution < -0.4 is 10.4 Å². The zero-order chi connectivity index (χ0) is 22.0. The second-order valence-corrected chi connectivity index (χ2v) is 7.95. The molecule has 0 atom stereocenters. The van der Waals surface area contributed by atoms with E-state index in [-0.39, 0.29) is 18.4 Å². The van der Waals surface area contributed by atoms with Gasteiger partial charge in [0.05, 0.1) is 0 Å². The predicted octanol–water partition coefficient (Wildman–Crippen LogP) is 3.46. The van der Waals surface area contributed by atoms with Gasteiger partial charge in [-0.2, -0.15) is 0 Å². The summed E-state index contributed by atoms with van der Waals surface area (Å²) in [6.45, 7) is 1.44. The number of nitrogens with zero attached hydrogens (tertiary/aromatic N) is 2. The third kappa shape index (κ3) is 5.00. The Labute approximate surface area is 187 Å². The van der Waals surface area contributed by atoms with Crippen molar-refractivity contribution in [3.63, 3.8) is 0 Å². The fourth-order valence-electron chi connectivity index (χ4n) is 3.39. The maximum Gasteiger partial charge on any atom is 0.336 e. The van der Waals surface area contributed by atoms with Gasteiger partial charge in [0.2, 0.25) is 0 Å². The van der Waals surface area contributed by atoms with Gasteiger partial charge in [-0.05, 0) is 36.4 Å². The number of amides is 2. The summed E-state index contributed by atoms with van der Waals surface area (Å²) in [6, 6.07) is 12.8. The summed E-state index contributed by atoms with van der Waals surface area (Å²) in [6.07, 6.45) is 0. The minimum Gasteiger partial charge on any atom is -0.484 e. The fraction of sp³-hybridized carbons (Fsp3) is 0.227. The highest BCUT2D eigenvalue weighted by Crippen LogP contribution is 2.21. The molecule has 9 heteroatoms. The van der Waals surface area contributed by atoms with Crippen molar-refractivity contribution in [1.29, 1.82) is 0 Å². The molecule has 0 bridgehead atoms. The van der Waals surface area contributed by atoms with E-state index < -0.39 is 5.63 Å². The summed E-state index contributed by atoms with van der Waals surface area (Å²) in [4.78, 5) is 39.9. The summed E-state index contributed by atoms with van der Waals surface area (Å²) in [5, 5.41) is 1.56. The zero-order valence-corrected chi connectivity index (χ0v) is 17.9. The maximum atomic E-state index is 12.7. The van der Waals surface area contributed by atoms with Crippen molar-refractivity contribution in [2.45, 2.75) is 0 Å². The van der Waals surface area contributed by atoms with Gasteiger partial charge >= 0.3 is 5.63 Å². The fourth-order valence-corrected chi connectivity index (χ4v) is 3.91. The van der Waals surface area contributed by atoms with E-state index in [1.807, 2.05) is 0 Å².